The maximum absolute atomic E-state index is 6.67. The van der Waals surface area contributed by atoms with Crippen molar-refractivity contribution >= 4 is 18.5 Å². The van der Waals surface area contributed by atoms with Crippen molar-refractivity contribution in [2.24, 2.45) is 0 Å². The van der Waals surface area contributed by atoms with Crippen LogP contribution in [0, 0.1) is 0 Å². The van der Waals surface area contributed by atoms with Gasteiger partial charge in [0, 0.05) is 0 Å². The highest BCUT2D eigenvalue weighted by Crippen LogP contribution is 2.57. The highest BCUT2D eigenvalue weighted by molar-refractivity contribution is 7.85. The van der Waals surface area contributed by atoms with Crippen LogP contribution < -0.4 is 0 Å². The summed E-state index contributed by atoms with van der Waals surface area (Å²) in [5.74, 6) is 0. The number of rotatable bonds is 5. The van der Waals surface area contributed by atoms with Gasteiger partial charge in [-0.05, 0) is 44.3 Å². The molecule has 1 aliphatic rings. The lowest BCUT2D eigenvalue weighted by atomic mass is 10.0. The van der Waals surface area contributed by atoms with Gasteiger partial charge in [-0.3, -0.25) is 0 Å². The molecule has 1 aliphatic carbocycles. The molecule has 0 aromatic heterocycles. The van der Waals surface area contributed by atoms with Gasteiger partial charge in [-0.1, -0.05) is 64.6 Å². The van der Waals surface area contributed by atoms with E-state index in [0.29, 0.717) is 0 Å². The van der Waals surface area contributed by atoms with Crippen LogP contribution in [0.2, 0.25) is 0 Å². The van der Waals surface area contributed by atoms with Crippen molar-refractivity contribution in [3.8, 4) is 0 Å². The first-order chi connectivity index (χ1) is 7.79. The van der Waals surface area contributed by atoms with E-state index in [2.05, 4.69) is 13.8 Å². The van der Waals surface area contributed by atoms with Crippen LogP contribution >= 0.6 is 18.5 Å². The van der Waals surface area contributed by atoms with Gasteiger partial charge in [0.05, 0.1) is 0 Å². The van der Waals surface area contributed by atoms with E-state index in [0.717, 1.165) is 11.3 Å². The molecule has 2 heteroatoms. The molecule has 1 saturated carbocycles. The molecular weight excluding hydrogens is 235 g/mol. The minimum absolute atomic E-state index is 0.196. The highest BCUT2D eigenvalue weighted by Gasteiger charge is 2.27. The van der Waals surface area contributed by atoms with Crippen molar-refractivity contribution < 1.29 is 0 Å². The zero-order valence-electron chi connectivity index (χ0n) is 11.6. The molecule has 2 atom stereocenters. The van der Waals surface area contributed by atoms with E-state index < -0.39 is 0 Å². The van der Waals surface area contributed by atoms with Crippen LogP contribution in [0.3, 0.4) is 0 Å². The summed E-state index contributed by atoms with van der Waals surface area (Å²) >= 11 is 6.67. The second kappa shape index (κ2) is 10.8. The second-order valence-corrected chi connectivity index (χ2v) is 7.81. The molecule has 0 heterocycles. The van der Waals surface area contributed by atoms with Gasteiger partial charge < -0.3 is 0 Å². The zero-order chi connectivity index (χ0) is 12.4. The zero-order valence-corrected chi connectivity index (χ0v) is 13.3. The molecule has 0 radical (unpaired) electrons. The Hall–Kier alpha value is 0.720. The normalized spacial score (nSPS) is 20.8. The van der Waals surface area contributed by atoms with Gasteiger partial charge in [0.1, 0.15) is 0 Å². The molecule has 0 aliphatic heterocycles. The number of hydrogen-bond donors (Lipinski definition) is 0. The van der Waals surface area contributed by atoms with Gasteiger partial charge in [0.2, 0.25) is 0 Å². The van der Waals surface area contributed by atoms with Crippen molar-refractivity contribution in [3.05, 3.63) is 0 Å². The Labute approximate surface area is 109 Å². The van der Waals surface area contributed by atoms with E-state index in [1.807, 2.05) is 13.8 Å². The van der Waals surface area contributed by atoms with Crippen molar-refractivity contribution in [1.29, 1.82) is 0 Å². The van der Waals surface area contributed by atoms with Crippen LogP contribution in [0.5, 0.6) is 0 Å². The quantitative estimate of drug-likeness (QED) is 0.493. The molecule has 0 bridgehead atoms. The lowest BCUT2D eigenvalue weighted by Crippen LogP contribution is -2.15. The van der Waals surface area contributed by atoms with E-state index >= 15 is 0 Å². The average molecular weight is 265 g/mol. The van der Waals surface area contributed by atoms with Crippen LogP contribution in [-0.4, -0.2) is 11.3 Å². The Morgan fingerprint density at radius 3 is 2.12 bits per heavy atom. The van der Waals surface area contributed by atoms with Crippen LogP contribution in [0.1, 0.15) is 79.1 Å². The number of hydrogen-bond acceptors (Lipinski definition) is 0. The third-order valence-electron chi connectivity index (χ3n) is 3.37. The van der Waals surface area contributed by atoms with Gasteiger partial charge in [0.15, 0.2) is 0 Å². The van der Waals surface area contributed by atoms with Gasteiger partial charge in [-0.25, -0.2) is 0 Å². The summed E-state index contributed by atoms with van der Waals surface area (Å²) in [5.41, 5.74) is 1.72. The predicted molar refractivity (Wildman–Crippen MR) is 80.0 cm³/mol. The van der Waals surface area contributed by atoms with E-state index in [-0.39, 0.29) is 7.27 Å². The van der Waals surface area contributed by atoms with Crippen LogP contribution in [-0.2, 0) is 0 Å². The summed E-state index contributed by atoms with van der Waals surface area (Å²) in [4.78, 5) is 0. The molecule has 2 unspecified atom stereocenters. The highest BCUT2D eigenvalue weighted by atomic mass is 35.7. The first kappa shape index (κ1) is 16.7. The van der Waals surface area contributed by atoms with Gasteiger partial charge >= 0.3 is 0 Å². The summed E-state index contributed by atoms with van der Waals surface area (Å²) in [6.45, 7) is 8.59. The molecule has 1 fully saturated rings. The Kier molecular flexibility index (Phi) is 11.3. The van der Waals surface area contributed by atoms with Crippen molar-refractivity contribution in [2.75, 3.05) is 0 Å². The summed E-state index contributed by atoms with van der Waals surface area (Å²) in [5, 5.41) is 0. The molecule has 16 heavy (non-hydrogen) atoms. The fourth-order valence-corrected chi connectivity index (χ4v) is 6.06. The Morgan fingerprint density at radius 2 is 1.69 bits per heavy atom. The molecule has 1 rings (SSSR count). The minimum atomic E-state index is -0.196. The predicted octanol–water partition coefficient (Wildman–Crippen LogP) is 6.56. The maximum Gasteiger partial charge on any atom is -0.00341 e. The topological polar surface area (TPSA) is 0 Å². The third kappa shape index (κ3) is 5.87. The first-order valence-corrected chi connectivity index (χ1v) is 9.62. The lowest BCUT2D eigenvalue weighted by molar-refractivity contribution is 0.509. The van der Waals surface area contributed by atoms with Crippen molar-refractivity contribution in [2.45, 2.75) is 90.4 Å². The van der Waals surface area contributed by atoms with Gasteiger partial charge in [0.25, 0.3) is 0 Å². The molecule has 0 amide bonds. The Balaban J connectivity index is 0.00000106. The fourth-order valence-electron chi connectivity index (χ4n) is 2.46. The molecular formula is C14H30ClP. The average Bonchev–Trinajstić information content (AvgIpc) is 2.38. The van der Waals surface area contributed by atoms with Crippen LogP contribution in [0.25, 0.3) is 0 Å². The molecule has 0 aromatic rings. The fraction of sp³-hybridized carbons (Fsp3) is 1.00. The van der Waals surface area contributed by atoms with Crippen molar-refractivity contribution in [1.82, 2.24) is 0 Å². The van der Waals surface area contributed by atoms with E-state index in [1.54, 1.807) is 0 Å². The van der Waals surface area contributed by atoms with E-state index in [1.165, 1.54) is 51.4 Å². The van der Waals surface area contributed by atoms with Gasteiger partial charge in [-0.2, -0.15) is 0 Å². The summed E-state index contributed by atoms with van der Waals surface area (Å²) in [7, 11) is -0.196. The monoisotopic (exact) mass is 264 g/mol. The summed E-state index contributed by atoms with van der Waals surface area (Å²) in [6, 6.07) is 0. The van der Waals surface area contributed by atoms with Crippen LogP contribution in [0.15, 0.2) is 0 Å². The van der Waals surface area contributed by atoms with Gasteiger partial charge in [-0.15, -0.1) is 0 Å². The van der Waals surface area contributed by atoms with Crippen molar-refractivity contribution in [3.63, 3.8) is 0 Å². The summed E-state index contributed by atoms with van der Waals surface area (Å²) in [6.07, 6.45) is 11.1. The summed E-state index contributed by atoms with van der Waals surface area (Å²) < 4.78 is 0. The molecule has 0 spiro atoms. The third-order valence-corrected chi connectivity index (χ3v) is 7.56. The first-order valence-electron chi connectivity index (χ1n) is 7.23. The minimum Gasteiger partial charge on any atom is -0.0958 e. The molecule has 98 valence electrons. The molecule has 0 aromatic carbocycles. The standard InChI is InChI=1S/C12H24ClP.C2H6/c1-3-8-11(4-2)14(13)12-9-6-5-7-10-12;1-2/h11-12H,3-10H2,1-2H3;1-2H3. The largest absolute Gasteiger partial charge is 0.0958 e. The smallest absolute Gasteiger partial charge is 0.00341 e. The van der Waals surface area contributed by atoms with E-state index in [4.69, 9.17) is 11.2 Å². The molecule has 0 saturated heterocycles. The number of halogens is 1. The Bertz CT molecular complexity index is 139. The molecule has 0 nitrogen and oxygen atoms in total. The second-order valence-electron chi connectivity index (χ2n) is 4.49. The SMILES string of the molecule is CC.CCCC(CC)P(Cl)C1CCCCC1. The maximum atomic E-state index is 6.67. The van der Waals surface area contributed by atoms with E-state index in [9.17, 15) is 0 Å². The molecule has 0 N–H and O–H groups in total. The Morgan fingerprint density at radius 1 is 1.12 bits per heavy atom. The lowest BCUT2D eigenvalue weighted by Gasteiger charge is -2.31. The van der Waals surface area contributed by atoms with Crippen LogP contribution in [0.4, 0.5) is 0 Å².